The average Bonchev–Trinajstić information content (AvgIpc) is 2.44. The fourth-order valence-corrected chi connectivity index (χ4v) is 3.53. The molecule has 0 aliphatic rings. The third kappa shape index (κ3) is 6.00. The maximum absolute atomic E-state index is 6.45. The lowest BCUT2D eigenvalue weighted by atomic mass is 9.71. The highest BCUT2D eigenvalue weighted by atomic mass is 28.4. The number of allylic oxidation sites excluding steroid dienone is 1. The van der Waals surface area contributed by atoms with Crippen molar-refractivity contribution in [1.82, 2.24) is 0 Å². The highest BCUT2D eigenvalue weighted by Gasteiger charge is 2.41. The molecule has 0 amide bonds. The Kier molecular flexibility index (Phi) is 8.46. The lowest BCUT2D eigenvalue weighted by molar-refractivity contribution is -0.0646. The lowest BCUT2D eigenvalue weighted by Crippen LogP contribution is -2.45. The minimum Gasteiger partial charge on any atom is -0.417 e. The van der Waals surface area contributed by atoms with E-state index in [0.717, 1.165) is 13.0 Å². The van der Waals surface area contributed by atoms with E-state index in [1.165, 1.54) is 12.0 Å². The van der Waals surface area contributed by atoms with Crippen LogP contribution in [0.15, 0.2) is 11.6 Å². The van der Waals surface area contributed by atoms with Gasteiger partial charge in [0.2, 0.25) is 0 Å². The highest BCUT2D eigenvalue weighted by molar-refractivity contribution is 6.74. The molecule has 0 bridgehead atoms. The standard InChI is InChI=1S/C21H44O2Si/c1-13-17(2)18(3)16-21(9,20(7,8)22-10)14-15-23-24(11,12)19(4,5)6/h16-17H,13-15H2,1-12H3. The quantitative estimate of drug-likeness (QED) is 0.333. The third-order valence-electron chi connectivity index (χ3n) is 6.71. The topological polar surface area (TPSA) is 18.5 Å². The van der Waals surface area contributed by atoms with Gasteiger partial charge in [-0.25, -0.2) is 0 Å². The molecule has 3 heteroatoms. The van der Waals surface area contributed by atoms with E-state index >= 15 is 0 Å². The summed E-state index contributed by atoms with van der Waals surface area (Å²) in [5.41, 5.74) is 1.19. The summed E-state index contributed by atoms with van der Waals surface area (Å²) in [7, 11) is 0.115. The molecule has 0 aromatic rings. The zero-order valence-electron chi connectivity index (χ0n) is 18.6. The molecule has 2 unspecified atom stereocenters. The molecule has 0 radical (unpaired) electrons. The fourth-order valence-electron chi connectivity index (χ4n) is 2.48. The Morgan fingerprint density at radius 2 is 1.58 bits per heavy atom. The molecule has 0 spiro atoms. The van der Waals surface area contributed by atoms with Crippen LogP contribution in [-0.2, 0) is 9.16 Å². The summed E-state index contributed by atoms with van der Waals surface area (Å²) in [6.07, 6.45) is 4.60. The Morgan fingerprint density at radius 1 is 1.08 bits per heavy atom. The van der Waals surface area contributed by atoms with E-state index < -0.39 is 8.32 Å². The molecular formula is C21H44O2Si. The van der Waals surface area contributed by atoms with Gasteiger partial charge in [-0.05, 0) is 57.7 Å². The number of hydrogen-bond acceptors (Lipinski definition) is 2. The predicted molar refractivity (Wildman–Crippen MR) is 110 cm³/mol. The summed E-state index contributed by atoms with van der Waals surface area (Å²) < 4.78 is 12.3. The first kappa shape index (κ1) is 23.9. The van der Waals surface area contributed by atoms with Crippen LogP contribution >= 0.6 is 0 Å². The molecule has 0 aromatic carbocycles. The Morgan fingerprint density at radius 3 is 1.96 bits per heavy atom. The SMILES string of the molecule is CCC(C)C(C)=CC(C)(CCO[Si](C)(C)C(C)(C)C)C(C)(C)OC. The molecule has 0 saturated carbocycles. The number of hydrogen-bond donors (Lipinski definition) is 0. The molecule has 2 atom stereocenters. The molecule has 0 N–H and O–H groups in total. The van der Waals surface area contributed by atoms with E-state index in [2.05, 4.69) is 81.5 Å². The molecule has 0 saturated heterocycles. The lowest BCUT2D eigenvalue weighted by Gasteiger charge is -2.43. The smallest absolute Gasteiger partial charge is 0.191 e. The van der Waals surface area contributed by atoms with E-state index in [-0.39, 0.29) is 16.1 Å². The molecule has 0 fully saturated rings. The minimum absolute atomic E-state index is 0.0440. The molecule has 24 heavy (non-hydrogen) atoms. The van der Waals surface area contributed by atoms with Crippen molar-refractivity contribution >= 4 is 8.32 Å². The Balaban J connectivity index is 5.34. The first-order valence-corrected chi connectivity index (χ1v) is 12.4. The van der Waals surface area contributed by atoms with Crippen LogP contribution in [0, 0.1) is 11.3 Å². The van der Waals surface area contributed by atoms with E-state index in [1.807, 2.05) is 7.11 Å². The largest absolute Gasteiger partial charge is 0.417 e. The van der Waals surface area contributed by atoms with Gasteiger partial charge in [0.05, 0.1) is 5.60 Å². The van der Waals surface area contributed by atoms with E-state index in [1.54, 1.807) is 0 Å². The van der Waals surface area contributed by atoms with Gasteiger partial charge in [-0.3, -0.25) is 0 Å². The van der Waals surface area contributed by atoms with Gasteiger partial charge in [-0.2, -0.15) is 0 Å². The van der Waals surface area contributed by atoms with Crippen molar-refractivity contribution in [2.24, 2.45) is 11.3 Å². The van der Waals surface area contributed by atoms with E-state index in [0.29, 0.717) is 5.92 Å². The van der Waals surface area contributed by atoms with Gasteiger partial charge in [0.25, 0.3) is 0 Å². The van der Waals surface area contributed by atoms with Crippen molar-refractivity contribution in [3.63, 3.8) is 0 Å². The molecule has 2 nitrogen and oxygen atoms in total. The van der Waals surface area contributed by atoms with Crippen molar-refractivity contribution in [2.45, 2.75) is 98.9 Å². The van der Waals surface area contributed by atoms with Gasteiger partial charge in [0.1, 0.15) is 0 Å². The first-order chi connectivity index (χ1) is 10.6. The second kappa shape index (κ2) is 8.51. The molecule has 0 aliphatic heterocycles. The molecule has 0 rings (SSSR count). The van der Waals surface area contributed by atoms with Crippen molar-refractivity contribution in [1.29, 1.82) is 0 Å². The van der Waals surface area contributed by atoms with Crippen LogP contribution in [0.25, 0.3) is 0 Å². The zero-order chi connectivity index (χ0) is 19.4. The second-order valence-corrected chi connectivity index (χ2v) is 14.5. The van der Waals surface area contributed by atoms with Crippen molar-refractivity contribution in [3.8, 4) is 0 Å². The summed E-state index contributed by atoms with van der Waals surface area (Å²) in [5.74, 6) is 0.610. The van der Waals surface area contributed by atoms with Gasteiger partial charge >= 0.3 is 0 Å². The van der Waals surface area contributed by atoms with Crippen molar-refractivity contribution < 1.29 is 9.16 Å². The molecule has 0 heterocycles. The van der Waals surface area contributed by atoms with Crippen LogP contribution in [0.1, 0.15) is 75.2 Å². The van der Waals surface area contributed by atoms with E-state index in [4.69, 9.17) is 9.16 Å². The van der Waals surface area contributed by atoms with Crippen molar-refractivity contribution in [2.75, 3.05) is 13.7 Å². The van der Waals surface area contributed by atoms with Crippen LogP contribution in [0.3, 0.4) is 0 Å². The number of methoxy groups -OCH3 is 1. The summed E-state index contributed by atoms with van der Waals surface area (Å²) in [4.78, 5) is 0. The second-order valence-electron chi connectivity index (χ2n) is 9.69. The van der Waals surface area contributed by atoms with Gasteiger partial charge in [-0.1, -0.05) is 53.2 Å². The normalized spacial score (nSPS) is 18.4. The summed E-state index contributed by atoms with van der Waals surface area (Å²) in [6.45, 7) is 25.9. The minimum atomic E-state index is -1.70. The van der Waals surface area contributed by atoms with E-state index in [9.17, 15) is 0 Å². The fraction of sp³-hybridized carbons (Fsp3) is 0.905. The molecular weight excluding hydrogens is 312 g/mol. The Bertz CT molecular complexity index is 418. The maximum Gasteiger partial charge on any atom is 0.191 e. The third-order valence-corrected chi connectivity index (χ3v) is 11.3. The number of rotatable bonds is 9. The Labute approximate surface area is 153 Å². The molecule has 144 valence electrons. The number of ether oxygens (including phenoxy) is 1. The van der Waals surface area contributed by atoms with Crippen LogP contribution in [-0.4, -0.2) is 27.6 Å². The first-order valence-electron chi connectivity index (χ1n) is 9.52. The summed E-state index contributed by atoms with van der Waals surface area (Å²) in [6, 6.07) is 0. The van der Waals surface area contributed by atoms with Crippen molar-refractivity contribution in [3.05, 3.63) is 11.6 Å². The van der Waals surface area contributed by atoms with Gasteiger partial charge in [-0.15, -0.1) is 0 Å². The average molecular weight is 357 g/mol. The molecule has 0 aromatic heterocycles. The molecule has 0 aliphatic carbocycles. The zero-order valence-corrected chi connectivity index (χ0v) is 19.6. The highest BCUT2D eigenvalue weighted by Crippen LogP contribution is 2.42. The monoisotopic (exact) mass is 356 g/mol. The Hall–Kier alpha value is -0.123. The van der Waals surface area contributed by atoms with Crippen LogP contribution in [0.5, 0.6) is 0 Å². The van der Waals surface area contributed by atoms with Gasteiger partial charge in [0, 0.05) is 19.1 Å². The maximum atomic E-state index is 6.45. The summed E-state index contributed by atoms with van der Waals surface area (Å²) >= 11 is 0. The summed E-state index contributed by atoms with van der Waals surface area (Å²) in [5, 5.41) is 0.253. The van der Waals surface area contributed by atoms with Gasteiger partial charge < -0.3 is 9.16 Å². The van der Waals surface area contributed by atoms with Crippen LogP contribution in [0.4, 0.5) is 0 Å². The predicted octanol–water partition coefficient (Wildman–Crippen LogP) is 6.82. The van der Waals surface area contributed by atoms with Crippen LogP contribution in [0.2, 0.25) is 18.1 Å². The van der Waals surface area contributed by atoms with Gasteiger partial charge in [0.15, 0.2) is 8.32 Å². The van der Waals surface area contributed by atoms with Crippen LogP contribution < -0.4 is 0 Å².